The van der Waals surface area contributed by atoms with E-state index in [-0.39, 0.29) is 16.9 Å². The number of rotatable bonds is 1. The molecule has 116 valence electrons. The van der Waals surface area contributed by atoms with E-state index in [4.69, 9.17) is 4.74 Å². The minimum Gasteiger partial charge on any atom is -0.508 e. The fraction of sp³-hybridized carbons (Fsp3) is 0.500. The van der Waals surface area contributed by atoms with Crippen LogP contribution in [-0.4, -0.2) is 42.5 Å². The molecule has 0 amide bonds. The molecule has 4 heteroatoms. The van der Waals surface area contributed by atoms with Gasteiger partial charge in [0.05, 0.1) is 7.11 Å². The van der Waals surface area contributed by atoms with Crippen LogP contribution in [0.15, 0.2) is 24.3 Å². The van der Waals surface area contributed by atoms with Gasteiger partial charge in [-0.05, 0) is 50.1 Å². The lowest BCUT2D eigenvalue weighted by molar-refractivity contribution is -0.118. The Hall–Kier alpha value is -1.81. The molecular weight excluding hydrogens is 278 g/mol. The second-order valence-corrected chi connectivity index (χ2v) is 6.83. The van der Waals surface area contributed by atoms with Crippen molar-refractivity contribution < 1.29 is 14.6 Å². The fourth-order valence-electron chi connectivity index (χ4n) is 4.84. The van der Waals surface area contributed by atoms with Crippen molar-refractivity contribution in [1.82, 2.24) is 4.90 Å². The van der Waals surface area contributed by atoms with Crippen LogP contribution in [0.3, 0.4) is 0 Å². The predicted molar refractivity (Wildman–Crippen MR) is 83.3 cm³/mol. The van der Waals surface area contributed by atoms with Gasteiger partial charge >= 0.3 is 0 Å². The number of piperidine rings is 1. The van der Waals surface area contributed by atoms with Gasteiger partial charge in [-0.3, -0.25) is 4.79 Å². The van der Waals surface area contributed by atoms with E-state index in [0.717, 1.165) is 30.7 Å². The molecule has 0 aromatic heterocycles. The number of ketones is 1. The van der Waals surface area contributed by atoms with Crippen LogP contribution < -0.4 is 4.74 Å². The Morgan fingerprint density at radius 1 is 1.36 bits per heavy atom. The standard InChI is InChI=1S/C18H21NO3/c1-19-6-5-18-4-3-12(20)9-14(18)15(19)8-11-7-13(21)10-16(22-2)17(11)18/h3-4,7,10,14-15,21H,5-6,8-9H2,1-2H3. The molecule has 3 atom stereocenters. The third kappa shape index (κ3) is 1.70. The molecule has 1 aromatic carbocycles. The van der Waals surface area contributed by atoms with Crippen LogP contribution in [0.4, 0.5) is 0 Å². The van der Waals surface area contributed by atoms with E-state index in [0.29, 0.717) is 18.4 Å². The quantitative estimate of drug-likeness (QED) is 0.862. The number of hydrogen-bond acceptors (Lipinski definition) is 4. The summed E-state index contributed by atoms with van der Waals surface area (Å²) >= 11 is 0. The summed E-state index contributed by atoms with van der Waals surface area (Å²) in [5.74, 6) is 1.53. The molecule has 2 bridgehead atoms. The van der Waals surface area contributed by atoms with Crippen molar-refractivity contribution in [2.24, 2.45) is 5.92 Å². The number of carbonyl (C=O) groups excluding carboxylic acids is 1. The third-order valence-electron chi connectivity index (χ3n) is 5.84. The van der Waals surface area contributed by atoms with Crippen LogP contribution in [0.1, 0.15) is 24.0 Å². The summed E-state index contributed by atoms with van der Waals surface area (Å²) in [6.45, 7) is 1.02. The topological polar surface area (TPSA) is 49.8 Å². The molecule has 3 aliphatic rings. The van der Waals surface area contributed by atoms with Crippen LogP contribution in [-0.2, 0) is 16.6 Å². The maximum Gasteiger partial charge on any atom is 0.155 e. The number of aromatic hydroxyl groups is 1. The summed E-state index contributed by atoms with van der Waals surface area (Å²) in [4.78, 5) is 14.4. The van der Waals surface area contributed by atoms with E-state index >= 15 is 0 Å². The van der Waals surface area contributed by atoms with Gasteiger partial charge in [0.2, 0.25) is 0 Å². The van der Waals surface area contributed by atoms with Crippen LogP contribution in [0.5, 0.6) is 11.5 Å². The Labute approximate surface area is 130 Å². The van der Waals surface area contributed by atoms with Crippen LogP contribution >= 0.6 is 0 Å². The van der Waals surface area contributed by atoms with Crippen LogP contribution in [0.2, 0.25) is 0 Å². The molecule has 0 saturated carbocycles. The number of allylic oxidation sites excluding steroid dienone is 2. The molecular formula is C18H21NO3. The summed E-state index contributed by atoms with van der Waals surface area (Å²) < 4.78 is 5.59. The molecule has 1 saturated heterocycles. The van der Waals surface area contributed by atoms with E-state index < -0.39 is 0 Å². The van der Waals surface area contributed by atoms with Crippen molar-refractivity contribution in [2.45, 2.75) is 30.7 Å². The lowest BCUT2D eigenvalue weighted by Gasteiger charge is -2.56. The van der Waals surface area contributed by atoms with E-state index in [1.54, 1.807) is 19.3 Å². The Balaban J connectivity index is 2.00. The second kappa shape index (κ2) is 4.59. The first-order valence-corrected chi connectivity index (χ1v) is 7.88. The number of ether oxygens (including phenoxy) is 1. The predicted octanol–water partition coefficient (Wildman–Crippen LogP) is 2.04. The van der Waals surface area contributed by atoms with Crippen molar-refractivity contribution in [1.29, 1.82) is 0 Å². The average molecular weight is 299 g/mol. The fourth-order valence-corrected chi connectivity index (χ4v) is 4.84. The molecule has 0 radical (unpaired) electrons. The van der Waals surface area contributed by atoms with Crippen molar-refractivity contribution in [3.63, 3.8) is 0 Å². The molecule has 1 aromatic rings. The molecule has 1 fully saturated rings. The zero-order chi connectivity index (χ0) is 15.5. The van der Waals surface area contributed by atoms with Crippen molar-refractivity contribution in [3.8, 4) is 11.5 Å². The first kappa shape index (κ1) is 13.8. The molecule has 4 rings (SSSR count). The first-order chi connectivity index (χ1) is 10.5. The van der Waals surface area contributed by atoms with Crippen LogP contribution in [0, 0.1) is 5.92 Å². The summed E-state index contributed by atoms with van der Waals surface area (Å²) in [6.07, 6.45) is 6.32. The third-order valence-corrected chi connectivity index (χ3v) is 5.84. The highest BCUT2D eigenvalue weighted by Gasteiger charge is 2.54. The van der Waals surface area contributed by atoms with Gasteiger partial charge in [0.15, 0.2) is 5.78 Å². The van der Waals surface area contributed by atoms with E-state index in [9.17, 15) is 9.90 Å². The van der Waals surface area contributed by atoms with Gasteiger partial charge in [-0.2, -0.15) is 0 Å². The maximum absolute atomic E-state index is 12.0. The van der Waals surface area contributed by atoms with E-state index in [1.165, 1.54) is 5.56 Å². The molecule has 1 heterocycles. The van der Waals surface area contributed by atoms with Gasteiger partial charge < -0.3 is 14.7 Å². The normalized spacial score (nSPS) is 33.3. The zero-order valence-electron chi connectivity index (χ0n) is 13.0. The van der Waals surface area contributed by atoms with Gasteiger partial charge in [0.1, 0.15) is 11.5 Å². The minimum atomic E-state index is -0.127. The first-order valence-electron chi connectivity index (χ1n) is 7.88. The van der Waals surface area contributed by atoms with E-state index in [2.05, 4.69) is 18.0 Å². The highest BCUT2D eigenvalue weighted by Crippen LogP contribution is 2.55. The number of methoxy groups -OCH3 is 1. The lowest BCUT2D eigenvalue weighted by Crippen LogP contribution is -2.59. The number of likely N-dealkylation sites (tertiary alicyclic amines) is 1. The summed E-state index contributed by atoms with van der Waals surface area (Å²) in [5, 5.41) is 10.00. The minimum absolute atomic E-state index is 0.127. The van der Waals surface area contributed by atoms with Crippen molar-refractivity contribution in [2.75, 3.05) is 20.7 Å². The number of phenolic OH excluding ortho intramolecular Hbond substituents is 1. The highest BCUT2D eigenvalue weighted by atomic mass is 16.5. The molecule has 22 heavy (non-hydrogen) atoms. The van der Waals surface area contributed by atoms with Gasteiger partial charge in [-0.1, -0.05) is 6.08 Å². The number of carbonyl (C=O) groups is 1. The highest BCUT2D eigenvalue weighted by molar-refractivity contribution is 5.92. The smallest absolute Gasteiger partial charge is 0.155 e. The summed E-state index contributed by atoms with van der Waals surface area (Å²) in [5.41, 5.74) is 2.21. The second-order valence-electron chi connectivity index (χ2n) is 6.83. The van der Waals surface area contributed by atoms with Gasteiger partial charge in [-0.25, -0.2) is 0 Å². The Morgan fingerprint density at radius 2 is 2.18 bits per heavy atom. The molecule has 1 N–H and O–H groups in total. The molecule has 2 aliphatic carbocycles. The average Bonchev–Trinajstić information content (AvgIpc) is 2.50. The largest absolute Gasteiger partial charge is 0.508 e. The van der Waals surface area contributed by atoms with Gasteiger partial charge in [0.25, 0.3) is 0 Å². The Bertz CT molecular complexity index is 681. The molecule has 3 unspecified atom stereocenters. The van der Waals surface area contributed by atoms with Crippen molar-refractivity contribution in [3.05, 3.63) is 35.4 Å². The zero-order valence-corrected chi connectivity index (χ0v) is 13.0. The number of phenols is 1. The summed E-state index contributed by atoms with van der Waals surface area (Å²) in [7, 11) is 3.79. The SMILES string of the molecule is COc1cc(O)cc2c1C13C=CC(=O)CC1C(C2)N(C)CC3. The number of benzene rings is 1. The van der Waals surface area contributed by atoms with E-state index in [1.807, 2.05) is 6.07 Å². The van der Waals surface area contributed by atoms with Crippen molar-refractivity contribution >= 4 is 5.78 Å². The number of hydrogen-bond donors (Lipinski definition) is 1. The number of fused-ring (bicyclic) bond motifs is 1. The lowest BCUT2D eigenvalue weighted by atomic mass is 9.54. The Morgan fingerprint density at radius 3 is 2.95 bits per heavy atom. The van der Waals surface area contributed by atoms with Gasteiger partial charge in [-0.15, -0.1) is 0 Å². The van der Waals surface area contributed by atoms with Crippen LogP contribution in [0.25, 0.3) is 0 Å². The Kier molecular flexibility index (Phi) is 2.89. The number of nitrogens with zero attached hydrogens (tertiary/aromatic N) is 1. The van der Waals surface area contributed by atoms with Gasteiger partial charge in [0, 0.05) is 29.5 Å². The number of likely N-dealkylation sites (N-methyl/N-ethyl adjacent to an activating group) is 1. The molecule has 1 aliphatic heterocycles. The molecule has 0 spiro atoms. The molecule has 4 nitrogen and oxygen atoms in total. The monoisotopic (exact) mass is 299 g/mol. The maximum atomic E-state index is 12.0. The summed E-state index contributed by atoms with van der Waals surface area (Å²) in [6, 6.07) is 3.92.